The molecule has 0 radical (unpaired) electrons. The molecule has 1 aromatic rings. The van der Waals surface area contributed by atoms with Gasteiger partial charge in [0, 0.05) is 24.9 Å². The lowest BCUT2D eigenvalue weighted by atomic mass is 9.48. The lowest BCUT2D eigenvalue weighted by molar-refractivity contribution is -0.147. The topological polar surface area (TPSA) is 63.7 Å². The van der Waals surface area contributed by atoms with Crippen LogP contribution in [0.25, 0.3) is 0 Å². The molecule has 154 valence electrons. The van der Waals surface area contributed by atoms with E-state index in [-0.39, 0.29) is 23.7 Å². The number of hydrogen-bond donors (Lipinski definition) is 0. The Labute approximate surface area is 171 Å². The number of nitrogens with zero attached hydrogens (tertiary/aromatic N) is 1. The molecule has 1 amide bonds. The van der Waals surface area contributed by atoms with Gasteiger partial charge in [-0.1, -0.05) is 12.1 Å². The summed E-state index contributed by atoms with van der Waals surface area (Å²) in [7, 11) is 0. The van der Waals surface area contributed by atoms with Crippen molar-refractivity contribution in [3.05, 3.63) is 35.4 Å². The number of carbonyl (C=O) groups excluding carboxylic acids is 3. The van der Waals surface area contributed by atoms with E-state index >= 15 is 0 Å². The second-order valence-corrected chi connectivity index (χ2v) is 9.81. The highest BCUT2D eigenvalue weighted by molar-refractivity contribution is 5.93. The Morgan fingerprint density at radius 2 is 1.62 bits per heavy atom. The average molecular weight is 395 g/mol. The third-order valence-electron chi connectivity index (χ3n) is 7.70. The van der Waals surface area contributed by atoms with Crippen LogP contribution in [0.5, 0.6) is 0 Å². The molecule has 0 N–H and O–H groups in total. The van der Waals surface area contributed by atoms with E-state index in [1.54, 1.807) is 12.1 Å². The summed E-state index contributed by atoms with van der Waals surface area (Å²) in [5.41, 5.74) is 1.24. The van der Waals surface area contributed by atoms with Crippen molar-refractivity contribution in [1.82, 2.24) is 4.90 Å². The first-order valence-corrected chi connectivity index (χ1v) is 11.1. The minimum Gasteiger partial charge on any atom is -0.454 e. The molecule has 29 heavy (non-hydrogen) atoms. The number of ether oxygens (including phenoxy) is 1. The zero-order valence-electron chi connectivity index (χ0n) is 16.9. The smallest absolute Gasteiger partial charge is 0.338 e. The third kappa shape index (κ3) is 3.60. The van der Waals surface area contributed by atoms with Crippen LogP contribution in [-0.4, -0.2) is 35.7 Å². The molecule has 4 aliphatic carbocycles. The summed E-state index contributed by atoms with van der Waals surface area (Å²) in [6.45, 7) is 1.28. The van der Waals surface area contributed by atoms with Crippen molar-refractivity contribution in [2.24, 2.45) is 23.2 Å². The molecule has 1 saturated heterocycles. The molecular weight excluding hydrogens is 366 g/mol. The normalized spacial score (nSPS) is 32.6. The molecule has 0 unspecified atom stereocenters. The monoisotopic (exact) mass is 395 g/mol. The van der Waals surface area contributed by atoms with Gasteiger partial charge in [-0.05, 0) is 80.4 Å². The van der Waals surface area contributed by atoms with Gasteiger partial charge in [-0.3, -0.25) is 9.59 Å². The molecule has 1 heterocycles. The van der Waals surface area contributed by atoms with Gasteiger partial charge in [0.15, 0.2) is 12.4 Å². The van der Waals surface area contributed by atoms with E-state index in [0.717, 1.165) is 37.8 Å². The standard InChI is InChI=1S/C24H29NO4/c26-21(24-11-17-8-18(12-24)10-19(9-17)13-24)15-29-23(28)20-5-3-16(4-6-20)14-25-7-1-2-22(25)27/h3-6,17-19H,1-2,7-15H2. The van der Waals surface area contributed by atoms with Crippen LogP contribution in [0, 0.1) is 23.2 Å². The van der Waals surface area contributed by atoms with Crippen molar-refractivity contribution in [3.63, 3.8) is 0 Å². The fourth-order valence-corrected chi connectivity index (χ4v) is 6.66. The molecule has 5 fully saturated rings. The lowest BCUT2D eigenvalue weighted by Gasteiger charge is -2.55. The van der Waals surface area contributed by atoms with Gasteiger partial charge in [-0.15, -0.1) is 0 Å². The fourth-order valence-electron chi connectivity index (χ4n) is 6.66. The van der Waals surface area contributed by atoms with Gasteiger partial charge < -0.3 is 9.64 Å². The molecular formula is C24H29NO4. The number of Topliss-reactive ketones (excluding diaryl/α,β-unsaturated/α-hetero) is 1. The van der Waals surface area contributed by atoms with Gasteiger partial charge in [0.05, 0.1) is 5.56 Å². The number of carbonyl (C=O) groups is 3. The number of amides is 1. The van der Waals surface area contributed by atoms with Crippen molar-refractivity contribution in [2.45, 2.75) is 57.9 Å². The minimum atomic E-state index is -0.438. The van der Waals surface area contributed by atoms with Crippen molar-refractivity contribution in [2.75, 3.05) is 13.2 Å². The van der Waals surface area contributed by atoms with Gasteiger partial charge in [0.25, 0.3) is 0 Å². The van der Waals surface area contributed by atoms with Gasteiger partial charge >= 0.3 is 5.97 Å². The first kappa shape index (κ1) is 18.8. The van der Waals surface area contributed by atoms with E-state index in [1.807, 2.05) is 17.0 Å². The van der Waals surface area contributed by atoms with Crippen LogP contribution in [0.1, 0.15) is 67.3 Å². The Morgan fingerprint density at radius 3 is 2.17 bits per heavy atom. The Balaban J connectivity index is 1.17. The Kier molecular flexibility index (Phi) is 4.72. The van der Waals surface area contributed by atoms with Crippen LogP contribution >= 0.6 is 0 Å². The first-order valence-electron chi connectivity index (χ1n) is 11.1. The van der Waals surface area contributed by atoms with Gasteiger partial charge in [0.2, 0.25) is 5.91 Å². The zero-order valence-corrected chi connectivity index (χ0v) is 16.9. The number of ketones is 1. The van der Waals surface area contributed by atoms with Crippen LogP contribution in [0.4, 0.5) is 0 Å². The van der Waals surface area contributed by atoms with Crippen molar-refractivity contribution >= 4 is 17.7 Å². The second kappa shape index (κ2) is 7.26. The van der Waals surface area contributed by atoms with Gasteiger partial charge in [-0.2, -0.15) is 0 Å². The van der Waals surface area contributed by atoms with Crippen LogP contribution in [0.15, 0.2) is 24.3 Å². The van der Waals surface area contributed by atoms with Crippen molar-refractivity contribution in [1.29, 1.82) is 0 Å². The van der Waals surface area contributed by atoms with Gasteiger partial charge in [0.1, 0.15) is 0 Å². The third-order valence-corrected chi connectivity index (χ3v) is 7.70. The highest BCUT2D eigenvalue weighted by Gasteiger charge is 2.54. The summed E-state index contributed by atoms with van der Waals surface area (Å²) in [5.74, 6) is 2.00. The summed E-state index contributed by atoms with van der Waals surface area (Å²) in [6.07, 6.45) is 8.42. The summed E-state index contributed by atoms with van der Waals surface area (Å²) in [5, 5.41) is 0. The molecule has 0 spiro atoms. The van der Waals surface area contributed by atoms with Crippen LogP contribution in [0.2, 0.25) is 0 Å². The molecule has 0 aromatic heterocycles. The quantitative estimate of drug-likeness (QED) is 0.688. The van der Waals surface area contributed by atoms with Crippen LogP contribution < -0.4 is 0 Å². The van der Waals surface area contributed by atoms with E-state index in [1.165, 1.54) is 19.3 Å². The van der Waals surface area contributed by atoms with Crippen molar-refractivity contribution < 1.29 is 19.1 Å². The maximum atomic E-state index is 13.0. The largest absolute Gasteiger partial charge is 0.454 e. The number of likely N-dealkylation sites (tertiary alicyclic amines) is 1. The lowest BCUT2D eigenvalue weighted by Crippen LogP contribution is -2.51. The highest BCUT2D eigenvalue weighted by Crippen LogP contribution is 2.60. The van der Waals surface area contributed by atoms with Crippen LogP contribution in [-0.2, 0) is 20.9 Å². The summed E-state index contributed by atoms with van der Waals surface area (Å²) < 4.78 is 5.42. The highest BCUT2D eigenvalue weighted by atomic mass is 16.5. The van der Waals surface area contributed by atoms with E-state index in [9.17, 15) is 14.4 Å². The number of hydrogen-bond acceptors (Lipinski definition) is 4. The van der Waals surface area contributed by atoms with E-state index < -0.39 is 5.97 Å². The second-order valence-electron chi connectivity index (χ2n) is 9.81. The Bertz CT molecular complexity index is 793. The number of benzene rings is 1. The average Bonchev–Trinajstić information content (AvgIpc) is 3.10. The molecule has 5 heteroatoms. The molecule has 1 aromatic carbocycles. The summed E-state index contributed by atoms with van der Waals surface area (Å²) >= 11 is 0. The molecule has 0 atom stereocenters. The molecule has 4 saturated carbocycles. The predicted molar refractivity (Wildman–Crippen MR) is 107 cm³/mol. The predicted octanol–water partition coefficient (Wildman–Crippen LogP) is 3.75. The summed E-state index contributed by atoms with van der Waals surface area (Å²) in [4.78, 5) is 39.0. The summed E-state index contributed by atoms with van der Waals surface area (Å²) in [6, 6.07) is 7.19. The van der Waals surface area contributed by atoms with Gasteiger partial charge in [-0.25, -0.2) is 4.79 Å². The Hall–Kier alpha value is -2.17. The molecule has 5 aliphatic rings. The van der Waals surface area contributed by atoms with Crippen molar-refractivity contribution in [3.8, 4) is 0 Å². The van der Waals surface area contributed by atoms with Crippen LogP contribution in [0.3, 0.4) is 0 Å². The molecule has 6 rings (SSSR count). The maximum absolute atomic E-state index is 13.0. The maximum Gasteiger partial charge on any atom is 0.338 e. The van der Waals surface area contributed by atoms with E-state index in [2.05, 4.69) is 0 Å². The molecule has 1 aliphatic heterocycles. The Morgan fingerprint density at radius 1 is 1.00 bits per heavy atom. The SMILES string of the molecule is O=C(OCC(=O)C12CC3CC(CC(C3)C1)C2)c1ccc(CN2CCCC2=O)cc1. The minimum absolute atomic E-state index is 0.102. The van der Waals surface area contributed by atoms with E-state index in [0.29, 0.717) is 36.3 Å². The zero-order chi connectivity index (χ0) is 20.0. The molecule has 5 nitrogen and oxygen atoms in total. The van der Waals surface area contributed by atoms with E-state index in [4.69, 9.17) is 4.74 Å². The first-order chi connectivity index (χ1) is 14.0. The molecule has 4 bridgehead atoms. The number of esters is 1. The fraction of sp³-hybridized carbons (Fsp3) is 0.625. The number of rotatable bonds is 6.